The molecule has 12 nitrogen and oxygen atoms in total. The van der Waals surface area contributed by atoms with Crippen LogP contribution in [-0.4, -0.2) is 63.3 Å². The Kier molecular flexibility index (Phi) is 5.55. The molecular formula is C24H26ClN9O3. The van der Waals surface area contributed by atoms with E-state index in [4.69, 9.17) is 26.2 Å². The van der Waals surface area contributed by atoms with Gasteiger partial charge in [-0.2, -0.15) is 15.2 Å². The predicted octanol–water partition coefficient (Wildman–Crippen LogP) is 3.63. The minimum Gasteiger partial charge on any atom is -0.450 e. The highest BCUT2D eigenvalue weighted by Crippen LogP contribution is 2.37. The van der Waals surface area contributed by atoms with Crippen molar-refractivity contribution in [1.82, 2.24) is 38.9 Å². The van der Waals surface area contributed by atoms with Gasteiger partial charge in [0.15, 0.2) is 23.0 Å². The van der Waals surface area contributed by atoms with E-state index in [1.165, 1.54) is 6.20 Å². The second-order valence-electron chi connectivity index (χ2n) is 10.0. The van der Waals surface area contributed by atoms with Crippen LogP contribution in [0.5, 0.6) is 11.5 Å². The normalized spacial score (nSPS) is 18.2. The molecule has 6 rings (SSSR count). The van der Waals surface area contributed by atoms with Crippen molar-refractivity contribution in [1.29, 1.82) is 0 Å². The molecule has 6 heterocycles. The monoisotopic (exact) mass is 523 g/mol. The maximum atomic E-state index is 10.4. The van der Waals surface area contributed by atoms with Crippen LogP contribution in [0.2, 0.25) is 5.02 Å². The summed E-state index contributed by atoms with van der Waals surface area (Å²) in [5.74, 6) is 1.98. The Bertz CT molecular complexity index is 1620. The minimum absolute atomic E-state index is 0.202. The number of anilines is 2. The molecule has 13 heteroatoms. The van der Waals surface area contributed by atoms with Gasteiger partial charge >= 0.3 is 0 Å². The average Bonchev–Trinajstić information content (AvgIpc) is 3.63. The van der Waals surface area contributed by atoms with Crippen LogP contribution in [0.25, 0.3) is 16.7 Å². The van der Waals surface area contributed by atoms with Crippen molar-refractivity contribution >= 4 is 40.0 Å². The Morgan fingerprint density at radius 2 is 2.03 bits per heavy atom. The number of hydrogen-bond donors (Lipinski definition) is 2. The Morgan fingerprint density at radius 1 is 1.19 bits per heavy atom. The average molecular weight is 524 g/mol. The molecule has 0 spiro atoms. The van der Waals surface area contributed by atoms with E-state index in [-0.39, 0.29) is 11.5 Å². The Morgan fingerprint density at radius 3 is 2.78 bits per heavy atom. The first-order valence-electron chi connectivity index (χ1n) is 11.8. The lowest BCUT2D eigenvalue weighted by atomic mass is 9.91. The molecule has 0 saturated carbocycles. The Balaban J connectivity index is 1.34. The van der Waals surface area contributed by atoms with Gasteiger partial charge < -0.3 is 24.5 Å². The van der Waals surface area contributed by atoms with Crippen molar-refractivity contribution in [3.8, 4) is 11.5 Å². The molecule has 1 aliphatic rings. The number of aliphatic hydroxyl groups is 1. The molecule has 2 N–H and O–H groups in total. The molecule has 0 unspecified atom stereocenters. The van der Waals surface area contributed by atoms with E-state index in [1.54, 1.807) is 33.9 Å². The smallest absolute Gasteiger partial charge is 0.210 e. The van der Waals surface area contributed by atoms with Crippen LogP contribution in [0.4, 0.5) is 11.8 Å². The number of pyridine rings is 1. The lowest BCUT2D eigenvalue weighted by Crippen LogP contribution is -2.28. The third-order valence-corrected chi connectivity index (χ3v) is 6.76. The Labute approximate surface area is 216 Å². The highest BCUT2D eigenvalue weighted by atomic mass is 35.5. The van der Waals surface area contributed by atoms with Crippen LogP contribution in [0.1, 0.15) is 32.5 Å². The van der Waals surface area contributed by atoms with Crippen LogP contribution < -0.4 is 10.1 Å². The minimum atomic E-state index is -0.616. The summed E-state index contributed by atoms with van der Waals surface area (Å²) in [4.78, 5) is 13.2. The number of halogens is 1. The van der Waals surface area contributed by atoms with Gasteiger partial charge in [-0.25, -0.2) is 9.50 Å². The first kappa shape index (κ1) is 23.6. The van der Waals surface area contributed by atoms with Gasteiger partial charge in [-0.1, -0.05) is 32.4 Å². The zero-order valence-electron chi connectivity index (χ0n) is 20.8. The van der Waals surface area contributed by atoms with Gasteiger partial charge in [-0.3, -0.25) is 9.67 Å². The molecule has 0 bridgehead atoms. The largest absolute Gasteiger partial charge is 0.450 e. The molecule has 5 aromatic rings. The van der Waals surface area contributed by atoms with Gasteiger partial charge in [0.05, 0.1) is 31.8 Å². The van der Waals surface area contributed by atoms with E-state index >= 15 is 0 Å². The van der Waals surface area contributed by atoms with Crippen LogP contribution in [-0.2, 0) is 17.2 Å². The van der Waals surface area contributed by atoms with E-state index in [0.29, 0.717) is 58.2 Å². The van der Waals surface area contributed by atoms with E-state index in [1.807, 2.05) is 17.8 Å². The molecule has 192 valence electrons. The molecule has 37 heavy (non-hydrogen) atoms. The van der Waals surface area contributed by atoms with E-state index in [2.05, 4.69) is 46.1 Å². The van der Waals surface area contributed by atoms with Gasteiger partial charge in [-0.15, -0.1) is 0 Å². The van der Waals surface area contributed by atoms with Crippen molar-refractivity contribution in [3.63, 3.8) is 0 Å². The fraction of sp³-hybridized carbons (Fsp3) is 0.375. The summed E-state index contributed by atoms with van der Waals surface area (Å²) in [6.45, 7) is 7.01. The number of fused-ring (bicyclic) bond motifs is 2. The van der Waals surface area contributed by atoms with E-state index in [9.17, 15) is 5.11 Å². The molecule has 0 radical (unpaired) electrons. The van der Waals surface area contributed by atoms with Gasteiger partial charge in [0.1, 0.15) is 28.2 Å². The summed E-state index contributed by atoms with van der Waals surface area (Å²) < 4.78 is 16.8. The molecule has 0 amide bonds. The second-order valence-corrected chi connectivity index (χ2v) is 10.4. The number of hydrogen-bond acceptors (Lipinski definition) is 9. The van der Waals surface area contributed by atoms with Crippen molar-refractivity contribution in [2.24, 2.45) is 7.05 Å². The topological polar surface area (TPSA) is 129 Å². The molecule has 1 saturated heterocycles. The zero-order chi connectivity index (χ0) is 25.9. The van der Waals surface area contributed by atoms with E-state index < -0.39 is 6.10 Å². The SMILES string of the molecule is Cn1c(Nc2cc(C(C)(C)C)n([C@@H]3COC[C@@H]3O)n2)nc2ncc(Oc3cnn4ccncc34)c(Cl)c21. The van der Waals surface area contributed by atoms with Crippen LogP contribution >= 0.6 is 11.6 Å². The molecule has 0 aliphatic carbocycles. The first-order chi connectivity index (χ1) is 17.7. The number of imidazole rings is 1. The number of ether oxygens (including phenoxy) is 2. The number of aryl methyl sites for hydroxylation is 1. The van der Waals surface area contributed by atoms with Gasteiger partial charge in [0, 0.05) is 36.6 Å². The predicted molar refractivity (Wildman–Crippen MR) is 137 cm³/mol. The van der Waals surface area contributed by atoms with Crippen LogP contribution in [0.3, 0.4) is 0 Å². The summed E-state index contributed by atoms with van der Waals surface area (Å²) in [6.07, 6.45) is 7.56. The highest BCUT2D eigenvalue weighted by molar-refractivity contribution is 6.36. The van der Waals surface area contributed by atoms with Crippen LogP contribution in [0, 0.1) is 0 Å². The molecule has 5 aromatic heterocycles. The third kappa shape index (κ3) is 4.06. The maximum absolute atomic E-state index is 10.4. The van der Waals surface area contributed by atoms with Crippen molar-refractivity contribution in [2.45, 2.75) is 38.3 Å². The second kappa shape index (κ2) is 8.68. The van der Waals surface area contributed by atoms with Crippen molar-refractivity contribution < 1.29 is 14.6 Å². The lowest BCUT2D eigenvalue weighted by Gasteiger charge is -2.24. The quantitative estimate of drug-likeness (QED) is 0.354. The summed E-state index contributed by atoms with van der Waals surface area (Å²) in [5.41, 5.74) is 2.53. The first-order valence-corrected chi connectivity index (χ1v) is 12.2. The maximum Gasteiger partial charge on any atom is 0.210 e. The molecule has 1 aliphatic heterocycles. The molecule has 2 atom stereocenters. The summed E-state index contributed by atoms with van der Waals surface area (Å²) >= 11 is 6.76. The number of aliphatic hydroxyl groups excluding tert-OH is 1. The number of rotatable bonds is 5. The van der Waals surface area contributed by atoms with E-state index in [0.717, 1.165) is 5.69 Å². The van der Waals surface area contributed by atoms with Crippen molar-refractivity contribution in [2.75, 3.05) is 18.5 Å². The van der Waals surface area contributed by atoms with Crippen molar-refractivity contribution in [3.05, 3.63) is 47.8 Å². The van der Waals surface area contributed by atoms with Gasteiger partial charge in [-0.05, 0) is 0 Å². The fourth-order valence-electron chi connectivity index (χ4n) is 4.45. The highest BCUT2D eigenvalue weighted by Gasteiger charge is 2.33. The summed E-state index contributed by atoms with van der Waals surface area (Å²) in [6, 6.07) is 1.71. The molecular weight excluding hydrogens is 498 g/mol. The third-order valence-electron chi connectivity index (χ3n) is 6.39. The number of nitrogens with one attached hydrogen (secondary N) is 1. The van der Waals surface area contributed by atoms with Gasteiger partial charge in [0.2, 0.25) is 5.95 Å². The summed E-state index contributed by atoms with van der Waals surface area (Å²) in [7, 11) is 1.84. The molecule has 1 fully saturated rings. The zero-order valence-corrected chi connectivity index (χ0v) is 21.5. The number of aromatic nitrogens is 8. The molecule has 0 aromatic carbocycles. The lowest BCUT2D eigenvalue weighted by molar-refractivity contribution is 0.117. The summed E-state index contributed by atoms with van der Waals surface area (Å²) in [5, 5.41) is 23.1. The van der Waals surface area contributed by atoms with Crippen LogP contribution in [0.15, 0.2) is 37.1 Å². The Hall–Kier alpha value is -3.74. The number of nitrogens with zero attached hydrogens (tertiary/aromatic N) is 8. The van der Waals surface area contributed by atoms with Gasteiger partial charge in [0.25, 0.3) is 0 Å². The standard InChI is InChI=1S/C24H26ClN9O3/c1-24(2,3)18-7-19(31-34(18)14-11-36-12-15(14)35)29-23-30-22-21(32(23)4)20(25)17(9-27-22)37-16-10-28-33-6-5-26-8-13(16)33/h5-10,14-15,35H,11-12H2,1-4H3,(H,27,29,30,31)/t14-,15+/m1/s1. The fourth-order valence-corrected chi connectivity index (χ4v) is 4.75.